The van der Waals surface area contributed by atoms with E-state index in [0.29, 0.717) is 5.02 Å². The largest absolute Gasteiger partial charge is 1.00 e. The third-order valence-corrected chi connectivity index (χ3v) is 1.44. The molecular formula is C6H3Cl2LiO. The van der Waals surface area contributed by atoms with Gasteiger partial charge >= 0.3 is 18.9 Å². The number of hydrogen-bond acceptors (Lipinski definition) is 1. The van der Waals surface area contributed by atoms with Crippen LogP contribution in [0, 0.1) is 0 Å². The van der Waals surface area contributed by atoms with Gasteiger partial charge in [-0.3, -0.25) is 0 Å². The summed E-state index contributed by atoms with van der Waals surface area (Å²) in [5.74, 6) is -0.232. The van der Waals surface area contributed by atoms with Crippen LogP contribution < -0.4 is 24.0 Å². The van der Waals surface area contributed by atoms with E-state index < -0.39 is 0 Å². The van der Waals surface area contributed by atoms with Crippen molar-refractivity contribution in [3.63, 3.8) is 0 Å². The molecule has 1 rings (SSSR count). The van der Waals surface area contributed by atoms with E-state index in [-0.39, 0.29) is 29.6 Å². The Morgan fingerprint density at radius 1 is 1.20 bits per heavy atom. The maximum atomic E-state index is 10.6. The van der Waals surface area contributed by atoms with Crippen LogP contribution in [0.3, 0.4) is 0 Å². The summed E-state index contributed by atoms with van der Waals surface area (Å²) in [6.07, 6.45) is 0. The second-order valence-corrected chi connectivity index (χ2v) is 2.42. The SMILES string of the molecule is [Li+].[O-]c1cc(Cl)ccc1Cl. The molecule has 0 unspecified atom stereocenters. The van der Waals surface area contributed by atoms with Crippen molar-refractivity contribution in [1.82, 2.24) is 0 Å². The molecule has 1 nitrogen and oxygen atoms in total. The minimum atomic E-state index is -0.232. The van der Waals surface area contributed by atoms with Crippen molar-refractivity contribution in [1.29, 1.82) is 0 Å². The van der Waals surface area contributed by atoms with E-state index in [0.717, 1.165) is 0 Å². The maximum Gasteiger partial charge on any atom is 1.00 e. The Morgan fingerprint density at radius 2 is 1.80 bits per heavy atom. The Morgan fingerprint density at radius 3 is 2.20 bits per heavy atom. The van der Waals surface area contributed by atoms with E-state index in [1.807, 2.05) is 0 Å². The molecule has 1 aromatic carbocycles. The summed E-state index contributed by atoms with van der Waals surface area (Å²) in [5, 5.41) is 11.3. The molecule has 1 aromatic rings. The van der Waals surface area contributed by atoms with Gasteiger partial charge in [0, 0.05) is 10.0 Å². The quantitative estimate of drug-likeness (QED) is 0.460. The van der Waals surface area contributed by atoms with Crippen molar-refractivity contribution >= 4 is 23.2 Å². The van der Waals surface area contributed by atoms with Gasteiger partial charge in [-0.05, 0) is 18.2 Å². The van der Waals surface area contributed by atoms with Crippen LogP contribution in [0.4, 0.5) is 0 Å². The van der Waals surface area contributed by atoms with Crippen LogP contribution in [-0.2, 0) is 0 Å². The predicted octanol–water partition coefficient (Wildman–Crippen LogP) is -0.929. The van der Waals surface area contributed by atoms with Gasteiger partial charge in [0.05, 0.1) is 0 Å². The Hall–Kier alpha value is 0.197. The molecule has 0 aromatic heterocycles. The first kappa shape index (κ1) is 10.2. The van der Waals surface area contributed by atoms with Crippen molar-refractivity contribution in [3.8, 4) is 5.75 Å². The fourth-order valence-corrected chi connectivity index (χ4v) is 0.757. The van der Waals surface area contributed by atoms with Gasteiger partial charge in [0.25, 0.3) is 0 Å². The van der Waals surface area contributed by atoms with Gasteiger partial charge in [-0.15, -0.1) is 0 Å². The van der Waals surface area contributed by atoms with E-state index in [2.05, 4.69) is 0 Å². The monoisotopic (exact) mass is 168 g/mol. The molecule has 0 aliphatic carbocycles. The standard InChI is InChI=1S/C6H4Cl2O.Li/c7-4-1-2-5(8)6(9)3-4;/h1-3,9H;/q;+1/p-1. The summed E-state index contributed by atoms with van der Waals surface area (Å²) < 4.78 is 0. The molecule has 4 heteroatoms. The molecule has 0 bridgehead atoms. The van der Waals surface area contributed by atoms with Gasteiger partial charge in [-0.1, -0.05) is 29.0 Å². The maximum absolute atomic E-state index is 10.6. The summed E-state index contributed by atoms with van der Waals surface area (Å²) in [6, 6.07) is 4.33. The van der Waals surface area contributed by atoms with Gasteiger partial charge in [-0.25, -0.2) is 0 Å². The van der Waals surface area contributed by atoms with Crippen molar-refractivity contribution in [2.45, 2.75) is 0 Å². The molecule has 0 atom stereocenters. The van der Waals surface area contributed by atoms with Gasteiger partial charge in [0.1, 0.15) is 0 Å². The van der Waals surface area contributed by atoms with E-state index >= 15 is 0 Å². The summed E-state index contributed by atoms with van der Waals surface area (Å²) >= 11 is 10.9. The van der Waals surface area contributed by atoms with Crippen LogP contribution in [0.2, 0.25) is 10.0 Å². The Balaban J connectivity index is 0.000000810. The normalized spacial score (nSPS) is 8.60. The summed E-state index contributed by atoms with van der Waals surface area (Å²) in [4.78, 5) is 0. The number of hydrogen-bond donors (Lipinski definition) is 0. The molecule has 0 radical (unpaired) electrons. The topological polar surface area (TPSA) is 23.1 Å². The number of rotatable bonds is 0. The Labute approximate surface area is 81.1 Å². The van der Waals surface area contributed by atoms with Crippen LogP contribution in [0.5, 0.6) is 5.75 Å². The minimum absolute atomic E-state index is 0. The van der Waals surface area contributed by atoms with Crippen molar-refractivity contribution in [2.24, 2.45) is 0 Å². The van der Waals surface area contributed by atoms with Gasteiger partial charge < -0.3 is 5.11 Å². The zero-order chi connectivity index (χ0) is 6.85. The Bertz CT molecular complexity index is 227. The molecule has 0 saturated heterocycles. The molecule has 0 N–H and O–H groups in total. The molecule has 0 spiro atoms. The summed E-state index contributed by atoms with van der Waals surface area (Å²) in [7, 11) is 0. The van der Waals surface area contributed by atoms with Gasteiger partial charge in [0.15, 0.2) is 0 Å². The minimum Gasteiger partial charge on any atom is -0.871 e. The second-order valence-electron chi connectivity index (χ2n) is 1.57. The zero-order valence-electron chi connectivity index (χ0n) is 5.40. The van der Waals surface area contributed by atoms with Crippen LogP contribution in [0.15, 0.2) is 18.2 Å². The molecule has 10 heavy (non-hydrogen) atoms. The van der Waals surface area contributed by atoms with Gasteiger partial charge in [-0.2, -0.15) is 0 Å². The fraction of sp³-hybridized carbons (Fsp3) is 0. The van der Waals surface area contributed by atoms with Crippen LogP contribution in [0.1, 0.15) is 0 Å². The Kier molecular flexibility index (Phi) is 4.24. The molecule has 0 amide bonds. The van der Waals surface area contributed by atoms with Crippen LogP contribution in [0.25, 0.3) is 0 Å². The van der Waals surface area contributed by atoms with Crippen molar-refractivity contribution < 1.29 is 24.0 Å². The number of halogens is 2. The molecule has 48 valence electrons. The van der Waals surface area contributed by atoms with E-state index in [4.69, 9.17) is 23.2 Å². The van der Waals surface area contributed by atoms with Crippen molar-refractivity contribution in [3.05, 3.63) is 28.2 Å². The van der Waals surface area contributed by atoms with Crippen LogP contribution in [-0.4, -0.2) is 0 Å². The second kappa shape index (κ2) is 4.15. The zero-order valence-corrected chi connectivity index (χ0v) is 6.91. The summed E-state index contributed by atoms with van der Waals surface area (Å²) in [5.41, 5.74) is 0. The van der Waals surface area contributed by atoms with E-state index in [1.54, 1.807) is 6.07 Å². The molecule has 0 saturated carbocycles. The van der Waals surface area contributed by atoms with E-state index in [9.17, 15) is 5.11 Å². The molecule has 0 fully saturated rings. The first-order valence-corrected chi connectivity index (χ1v) is 3.08. The molecule has 0 aliphatic heterocycles. The molecule has 0 heterocycles. The summed E-state index contributed by atoms with van der Waals surface area (Å²) in [6.45, 7) is 0. The first-order chi connectivity index (χ1) is 4.20. The van der Waals surface area contributed by atoms with Crippen molar-refractivity contribution in [2.75, 3.05) is 0 Å². The average Bonchev–Trinajstić information content (AvgIpc) is 1.80. The molecule has 0 aliphatic rings. The van der Waals surface area contributed by atoms with Gasteiger partial charge in [0.2, 0.25) is 0 Å². The first-order valence-electron chi connectivity index (χ1n) is 2.32. The third kappa shape index (κ3) is 2.44. The van der Waals surface area contributed by atoms with Crippen LogP contribution >= 0.6 is 23.2 Å². The predicted molar refractivity (Wildman–Crippen MR) is 35.9 cm³/mol. The average molecular weight is 169 g/mol. The number of benzene rings is 1. The third-order valence-electron chi connectivity index (χ3n) is 0.893. The molecular weight excluding hydrogens is 166 g/mol. The van der Waals surface area contributed by atoms with E-state index in [1.165, 1.54) is 12.1 Å². The smallest absolute Gasteiger partial charge is 0.871 e. The fourth-order valence-electron chi connectivity index (χ4n) is 0.477.